The third-order valence-electron chi connectivity index (χ3n) is 3.02. The largest absolute Gasteiger partial charge is 0.870 e. The fourth-order valence-electron chi connectivity index (χ4n) is 1.78. The molecule has 5 heteroatoms. The summed E-state index contributed by atoms with van der Waals surface area (Å²) in [5.41, 5.74) is 0. The lowest BCUT2D eigenvalue weighted by atomic mass is 10.2. The summed E-state index contributed by atoms with van der Waals surface area (Å²) in [4.78, 5) is 0. The van der Waals surface area contributed by atoms with Gasteiger partial charge in [-0.3, -0.25) is 4.48 Å². The van der Waals surface area contributed by atoms with Crippen LogP contribution in [0.3, 0.4) is 0 Å². The number of rotatable bonds is 6. The molecule has 0 saturated heterocycles. The molecule has 0 heterocycles. The first-order valence-electron chi connectivity index (χ1n) is 5.34. The first kappa shape index (κ1) is 17.2. The van der Waals surface area contributed by atoms with Crippen LogP contribution in [0.15, 0.2) is 0 Å². The quantitative estimate of drug-likeness (QED) is 0.450. The van der Waals surface area contributed by atoms with E-state index in [1.165, 1.54) is 0 Å². The van der Waals surface area contributed by atoms with E-state index >= 15 is 0 Å². The lowest BCUT2D eigenvalue weighted by molar-refractivity contribution is -1.03. The van der Waals surface area contributed by atoms with E-state index in [-0.39, 0.29) is 9.96 Å². The first-order chi connectivity index (χ1) is 6.44. The van der Waals surface area contributed by atoms with Gasteiger partial charge in [0, 0.05) is 19.3 Å². The van der Waals surface area contributed by atoms with Crippen LogP contribution < -0.4 is 0 Å². The second-order valence-electron chi connectivity index (χ2n) is 3.89. The third kappa shape index (κ3) is 3.39. The van der Waals surface area contributed by atoms with Gasteiger partial charge in [0.1, 0.15) is 0 Å². The SMILES string of the molecule is CCC(O)[N+](C)(C(O)CC)C(O)CC.[OH-]. The minimum Gasteiger partial charge on any atom is -0.870 e. The summed E-state index contributed by atoms with van der Waals surface area (Å²) in [5.74, 6) is 0. The van der Waals surface area contributed by atoms with E-state index in [0.717, 1.165) is 0 Å². The molecular weight excluding hydrogens is 198 g/mol. The van der Waals surface area contributed by atoms with Crippen LogP contribution in [0.2, 0.25) is 0 Å². The van der Waals surface area contributed by atoms with Crippen LogP contribution in [0.25, 0.3) is 0 Å². The van der Waals surface area contributed by atoms with E-state index in [9.17, 15) is 15.3 Å². The molecule has 0 radical (unpaired) electrons. The number of hydrogen-bond donors (Lipinski definition) is 3. The molecule has 0 aromatic heterocycles. The Labute approximate surface area is 91.9 Å². The molecule has 3 unspecified atom stereocenters. The van der Waals surface area contributed by atoms with Gasteiger partial charge in [-0.15, -0.1) is 0 Å². The Kier molecular flexibility index (Phi) is 8.18. The fourth-order valence-corrected chi connectivity index (χ4v) is 1.78. The standard InChI is InChI=1S/C10H24NO3.H2O/c1-5-8(12)11(4,9(13)6-2)10(14)7-3;/h8-10,12-14H,5-7H2,1-4H3;1H2/q+1;/p-1. The van der Waals surface area contributed by atoms with Crippen molar-refractivity contribution in [3.63, 3.8) is 0 Å². The van der Waals surface area contributed by atoms with E-state index in [2.05, 4.69) is 0 Å². The average molecular weight is 223 g/mol. The molecule has 0 amide bonds. The molecule has 4 N–H and O–H groups in total. The van der Waals surface area contributed by atoms with Gasteiger partial charge in [-0.2, -0.15) is 0 Å². The molecule has 0 aromatic carbocycles. The lowest BCUT2D eigenvalue weighted by Crippen LogP contribution is -2.63. The highest BCUT2D eigenvalue weighted by molar-refractivity contribution is 4.50. The molecule has 0 aliphatic rings. The molecule has 0 rings (SSSR count). The van der Waals surface area contributed by atoms with Crippen LogP contribution in [0, 0.1) is 0 Å². The van der Waals surface area contributed by atoms with Gasteiger partial charge >= 0.3 is 0 Å². The molecule has 0 spiro atoms. The topological polar surface area (TPSA) is 90.7 Å². The Morgan fingerprint density at radius 2 is 1.00 bits per heavy atom. The molecule has 0 aliphatic heterocycles. The minimum atomic E-state index is -0.722. The Hall–Kier alpha value is -0.200. The molecule has 94 valence electrons. The van der Waals surface area contributed by atoms with Gasteiger partial charge in [0.25, 0.3) is 0 Å². The molecule has 0 saturated carbocycles. The molecule has 15 heavy (non-hydrogen) atoms. The van der Waals surface area contributed by atoms with Gasteiger partial charge in [-0.25, -0.2) is 0 Å². The van der Waals surface area contributed by atoms with Gasteiger partial charge in [0.05, 0.1) is 7.05 Å². The second-order valence-corrected chi connectivity index (χ2v) is 3.89. The van der Waals surface area contributed by atoms with Crippen LogP contribution in [0.5, 0.6) is 0 Å². The highest BCUT2D eigenvalue weighted by Gasteiger charge is 2.41. The van der Waals surface area contributed by atoms with E-state index in [0.29, 0.717) is 19.3 Å². The van der Waals surface area contributed by atoms with E-state index < -0.39 is 18.7 Å². The highest BCUT2D eigenvalue weighted by atomic mass is 16.4. The summed E-state index contributed by atoms with van der Waals surface area (Å²) in [6, 6.07) is 0. The van der Waals surface area contributed by atoms with Crippen molar-refractivity contribution in [1.29, 1.82) is 0 Å². The predicted octanol–water partition coefficient (Wildman–Crippen LogP) is 0.441. The van der Waals surface area contributed by atoms with Crippen molar-refractivity contribution in [3.8, 4) is 0 Å². The maximum atomic E-state index is 9.83. The van der Waals surface area contributed by atoms with Crippen molar-refractivity contribution >= 4 is 0 Å². The average Bonchev–Trinajstić information content (AvgIpc) is 2.24. The van der Waals surface area contributed by atoms with Crippen molar-refractivity contribution in [2.24, 2.45) is 0 Å². The summed E-state index contributed by atoms with van der Waals surface area (Å²) < 4.78 is -0.0937. The first-order valence-corrected chi connectivity index (χ1v) is 5.34. The monoisotopic (exact) mass is 223 g/mol. The summed E-state index contributed by atoms with van der Waals surface area (Å²) in [6.07, 6.45) is -0.612. The molecule has 0 bridgehead atoms. The summed E-state index contributed by atoms with van der Waals surface area (Å²) in [7, 11) is 1.69. The summed E-state index contributed by atoms with van der Waals surface area (Å²) >= 11 is 0. The van der Waals surface area contributed by atoms with Crippen LogP contribution in [-0.4, -0.2) is 51.0 Å². The number of nitrogens with zero attached hydrogens (tertiary/aromatic N) is 1. The minimum absolute atomic E-state index is 0. The van der Waals surface area contributed by atoms with Gasteiger partial charge in [0.15, 0.2) is 18.7 Å². The number of aliphatic hydroxyl groups excluding tert-OH is 3. The van der Waals surface area contributed by atoms with Crippen molar-refractivity contribution in [1.82, 2.24) is 0 Å². The van der Waals surface area contributed by atoms with Gasteiger partial charge < -0.3 is 20.8 Å². The van der Waals surface area contributed by atoms with E-state index in [1.54, 1.807) is 7.05 Å². The molecule has 0 aliphatic carbocycles. The van der Waals surface area contributed by atoms with Crippen molar-refractivity contribution in [2.75, 3.05) is 7.05 Å². The van der Waals surface area contributed by atoms with Crippen LogP contribution in [0.1, 0.15) is 40.0 Å². The molecule has 0 fully saturated rings. The number of aliphatic hydroxyl groups is 3. The van der Waals surface area contributed by atoms with Gasteiger partial charge in [-0.05, 0) is 0 Å². The van der Waals surface area contributed by atoms with E-state index in [1.807, 2.05) is 20.8 Å². The lowest BCUT2D eigenvalue weighted by Gasteiger charge is -2.44. The maximum absolute atomic E-state index is 9.83. The predicted molar refractivity (Wildman–Crippen MR) is 57.0 cm³/mol. The molecule has 5 nitrogen and oxygen atoms in total. The highest BCUT2D eigenvalue weighted by Crippen LogP contribution is 2.23. The van der Waals surface area contributed by atoms with Crippen LogP contribution in [0.4, 0.5) is 0 Å². The molecular formula is C10H25NO4. The van der Waals surface area contributed by atoms with E-state index in [4.69, 9.17) is 0 Å². The Morgan fingerprint density at radius 1 is 0.800 bits per heavy atom. The summed E-state index contributed by atoms with van der Waals surface area (Å²) in [6.45, 7) is 5.52. The maximum Gasteiger partial charge on any atom is 0.194 e. The van der Waals surface area contributed by atoms with Gasteiger partial charge in [-0.1, -0.05) is 20.8 Å². The zero-order chi connectivity index (χ0) is 11.4. The second kappa shape index (κ2) is 7.14. The number of quaternary nitrogens is 1. The van der Waals surface area contributed by atoms with Crippen molar-refractivity contribution < 1.29 is 25.3 Å². The fraction of sp³-hybridized carbons (Fsp3) is 1.00. The Morgan fingerprint density at radius 3 is 1.13 bits per heavy atom. The Balaban J connectivity index is 0. The summed E-state index contributed by atoms with van der Waals surface area (Å²) in [5, 5.41) is 29.5. The molecule has 0 aromatic rings. The zero-order valence-electron chi connectivity index (χ0n) is 10.1. The molecule has 3 atom stereocenters. The third-order valence-corrected chi connectivity index (χ3v) is 3.02. The number of hydrogen-bond acceptors (Lipinski definition) is 4. The van der Waals surface area contributed by atoms with Crippen molar-refractivity contribution in [3.05, 3.63) is 0 Å². The smallest absolute Gasteiger partial charge is 0.194 e. The normalized spacial score (nSPS) is 21.0. The zero-order valence-corrected chi connectivity index (χ0v) is 10.1. The Bertz CT molecular complexity index is 139. The van der Waals surface area contributed by atoms with Crippen LogP contribution >= 0.6 is 0 Å². The van der Waals surface area contributed by atoms with Crippen molar-refractivity contribution in [2.45, 2.75) is 58.7 Å². The van der Waals surface area contributed by atoms with Gasteiger partial charge in [0.2, 0.25) is 0 Å². The van der Waals surface area contributed by atoms with Crippen LogP contribution in [-0.2, 0) is 0 Å².